The minimum atomic E-state index is -0.320. The van der Waals surface area contributed by atoms with E-state index in [4.69, 9.17) is 5.10 Å². The fourth-order valence-electron chi connectivity index (χ4n) is 7.11. The SMILES string of the molecule is Cc1ccc(-n2nc(C(C)(C)C)cc2NC(=O)Nc2cccc(CC3CC4CCC(C3)N4C(=O)c3ccc4cnccc4n3)c2)cc1. The van der Waals surface area contributed by atoms with Crippen molar-refractivity contribution in [3.8, 4) is 5.69 Å². The van der Waals surface area contributed by atoms with Gasteiger partial charge in [0.1, 0.15) is 11.5 Å². The number of fused-ring (bicyclic) bond motifs is 3. The minimum absolute atomic E-state index is 0.0326. The van der Waals surface area contributed by atoms with Gasteiger partial charge in [-0.1, -0.05) is 50.6 Å². The molecule has 2 aliphatic heterocycles. The number of benzene rings is 2. The number of urea groups is 1. The lowest BCUT2D eigenvalue weighted by atomic mass is 9.85. The van der Waals surface area contributed by atoms with E-state index in [1.54, 1.807) is 17.1 Å². The fourth-order valence-corrected chi connectivity index (χ4v) is 7.11. The number of carbonyl (C=O) groups excluding carboxylic acids is 2. The number of amides is 3. The first-order valence-corrected chi connectivity index (χ1v) is 16.5. The van der Waals surface area contributed by atoms with E-state index in [-0.39, 0.29) is 29.4 Å². The number of hydrogen-bond donors (Lipinski definition) is 2. The highest BCUT2D eigenvalue weighted by atomic mass is 16.2. The van der Waals surface area contributed by atoms with Crippen molar-refractivity contribution >= 4 is 34.3 Å². The van der Waals surface area contributed by atoms with Crippen molar-refractivity contribution in [2.45, 2.75) is 77.3 Å². The van der Waals surface area contributed by atoms with Gasteiger partial charge in [0.25, 0.3) is 5.91 Å². The van der Waals surface area contributed by atoms with E-state index in [0.29, 0.717) is 17.4 Å². The first-order valence-electron chi connectivity index (χ1n) is 16.5. The Balaban J connectivity index is 1.00. The van der Waals surface area contributed by atoms with E-state index in [2.05, 4.69) is 58.4 Å². The maximum absolute atomic E-state index is 13.6. The number of nitrogens with zero attached hydrogens (tertiary/aromatic N) is 5. The van der Waals surface area contributed by atoms with E-state index in [0.717, 1.165) is 65.6 Å². The number of aromatic nitrogens is 4. The van der Waals surface area contributed by atoms with Crippen LogP contribution in [0, 0.1) is 12.8 Å². The monoisotopic (exact) mass is 627 g/mol. The molecule has 7 rings (SSSR count). The van der Waals surface area contributed by atoms with Crippen LogP contribution in [-0.2, 0) is 11.8 Å². The van der Waals surface area contributed by atoms with Crippen molar-refractivity contribution < 1.29 is 9.59 Å². The van der Waals surface area contributed by atoms with Gasteiger partial charge in [-0.05, 0) is 93.0 Å². The molecule has 3 aromatic heterocycles. The van der Waals surface area contributed by atoms with Crippen LogP contribution < -0.4 is 10.6 Å². The molecule has 0 saturated carbocycles. The van der Waals surface area contributed by atoms with Gasteiger partial charge in [0.2, 0.25) is 0 Å². The molecule has 2 atom stereocenters. The molecule has 0 spiro atoms. The van der Waals surface area contributed by atoms with Gasteiger partial charge >= 0.3 is 6.03 Å². The third-order valence-electron chi connectivity index (χ3n) is 9.48. The zero-order chi connectivity index (χ0) is 32.7. The van der Waals surface area contributed by atoms with Crippen LogP contribution in [0.4, 0.5) is 16.3 Å². The normalized spacial score (nSPS) is 19.1. The van der Waals surface area contributed by atoms with Crippen LogP contribution in [0.3, 0.4) is 0 Å². The van der Waals surface area contributed by atoms with Gasteiger partial charge in [-0.3, -0.25) is 15.1 Å². The van der Waals surface area contributed by atoms with Gasteiger partial charge < -0.3 is 10.2 Å². The predicted octanol–water partition coefficient (Wildman–Crippen LogP) is 7.69. The molecule has 0 aliphatic carbocycles. The largest absolute Gasteiger partial charge is 0.331 e. The molecule has 9 nitrogen and oxygen atoms in total. The van der Waals surface area contributed by atoms with Crippen LogP contribution in [0.15, 0.2) is 85.2 Å². The summed E-state index contributed by atoms with van der Waals surface area (Å²) in [5.74, 6) is 1.11. The van der Waals surface area contributed by atoms with E-state index in [1.165, 1.54) is 5.56 Å². The Bertz CT molecular complexity index is 1930. The van der Waals surface area contributed by atoms with Crippen LogP contribution in [0.5, 0.6) is 0 Å². The van der Waals surface area contributed by atoms with Crippen molar-refractivity contribution in [3.05, 3.63) is 108 Å². The molecular weight excluding hydrogens is 586 g/mol. The van der Waals surface area contributed by atoms with Gasteiger partial charge in [-0.25, -0.2) is 14.5 Å². The Labute approximate surface area is 275 Å². The summed E-state index contributed by atoms with van der Waals surface area (Å²) in [6, 6.07) is 23.9. The molecule has 2 N–H and O–H groups in total. The van der Waals surface area contributed by atoms with E-state index < -0.39 is 0 Å². The summed E-state index contributed by atoms with van der Waals surface area (Å²) >= 11 is 0. The first-order chi connectivity index (χ1) is 22.6. The summed E-state index contributed by atoms with van der Waals surface area (Å²) in [6.07, 6.45) is 8.38. The van der Waals surface area contributed by atoms with Crippen molar-refractivity contribution in [1.82, 2.24) is 24.6 Å². The van der Waals surface area contributed by atoms with Crippen LogP contribution in [-0.4, -0.2) is 48.7 Å². The quantitative estimate of drug-likeness (QED) is 0.201. The smallest absolute Gasteiger partial charge is 0.324 e. The second kappa shape index (κ2) is 12.3. The molecule has 9 heteroatoms. The zero-order valence-electron chi connectivity index (χ0n) is 27.4. The van der Waals surface area contributed by atoms with Crippen molar-refractivity contribution in [3.63, 3.8) is 0 Å². The summed E-state index contributed by atoms with van der Waals surface area (Å²) < 4.78 is 1.79. The van der Waals surface area contributed by atoms with Crippen LogP contribution in [0.2, 0.25) is 0 Å². The molecule has 0 radical (unpaired) electrons. The Morgan fingerprint density at radius 3 is 2.43 bits per heavy atom. The highest BCUT2D eigenvalue weighted by Gasteiger charge is 2.43. The Hall–Kier alpha value is -5.05. The molecule has 5 heterocycles. The molecule has 2 bridgehead atoms. The average Bonchev–Trinajstić information content (AvgIpc) is 3.59. The number of carbonyl (C=O) groups is 2. The Kier molecular flexibility index (Phi) is 7.99. The number of hydrogen-bond acceptors (Lipinski definition) is 5. The van der Waals surface area contributed by atoms with Crippen LogP contribution >= 0.6 is 0 Å². The highest BCUT2D eigenvalue weighted by molar-refractivity contribution is 5.99. The fraction of sp³-hybridized carbons (Fsp3) is 0.342. The van der Waals surface area contributed by atoms with Gasteiger partial charge in [0.15, 0.2) is 0 Å². The maximum Gasteiger partial charge on any atom is 0.324 e. The topological polar surface area (TPSA) is 105 Å². The number of piperidine rings is 1. The zero-order valence-corrected chi connectivity index (χ0v) is 27.4. The lowest BCUT2D eigenvalue weighted by molar-refractivity contribution is 0.0519. The summed E-state index contributed by atoms with van der Waals surface area (Å²) in [7, 11) is 0. The van der Waals surface area contributed by atoms with Crippen LogP contribution in [0.25, 0.3) is 16.6 Å². The highest BCUT2D eigenvalue weighted by Crippen LogP contribution is 2.41. The molecule has 3 amide bonds. The number of aryl methyl sites for hydroxylation is 1. The number of nitrogens with one attached hydrogen (secondary N) is 2. The van der Waals surface area contributed by atoms with Gasteiger partial charge in [0.05, 0.1) is 16.9 Å². The molecule has 240 valence electrons. The second-order valence-electron chi connectivity index (χ2n) is 14.1. The average molecular weight is 628 g/mol. The lowest BCUT2D eigenvalue weighted by Crippen LogP contribution is -2.47. The molecule has 5 aromatic rings. The molecule has 2 aliphatic rings. The van der Waals surface area contributed by atoms with Crippen molar-refractivity contribution in [1.29, 1.82) is 0 Å². The predicted molar refractivity (Wildman–Crippen MR) is 185 cm³/mol. The Morgan fingerprint density at radius 1 is 0.915 bits per heavy atom. The molecule has 2 aromatic carbocycles. The van der Waals surface area contributed by atoms with Crippen molar-refractivity contribution in [2.24, 2.45) is 5.92 Å². The molecular formula is C38H41N7O2. The van der Waals surface area contributed by atoms with Crippen molar-refractivity contribution in [2.75, 3.05) is 10.6 Å². The second-order valence-corrected chi connectivity index (χ2v) is 14.1. The first kappa shape index (κ1) is 30.6. The molecule has 2 unspecified atom stereocenters. The molecule has 47 heavy (non-hydrogen) atoms. The lowest BCUT2D eigenvalue weighted by Gasteiger charge is -2.39. The van der Waals surface area contributed by atoms with E-state index in [1.807, 2.05) is 67.6 Å². The van der Waals surface area contributed by atoms with Gasteiger partial charge in [0, 0.05) is 47.0 Å². The third-order valence-corrected chi connectivity index (χ3v) is 9.48. The maximum atomic E-state index is 13.6. The summed E-state index contributed by atoms with van der Waals surface area (Å²) in [4.78, 5) is 37.8. The van der Waals surface area contributed by atoms with Gasteiger partial charge in [-0.15, -0.1) is 0 Å². The third kappa shape index (κ3) is 6.48. The number of pyridine rings is 2. The van der Waals surface area contributed by atoms with E-state index >= 15 is 0 Å². The van der Waals surface area contributed by atoms with E-state index in [9.17, 15) is 9.59 Å². The van der Waals surface area contributed by atoms with Gasteiger partial charge in [-0.2, -0.15) is 5.10 Å². The summed E-state index contributed by atoms with van der Waals surface area (Å²) in [5.41, 5.74) is 5.98. The molecule has 2 fully saturated rings. The summed E-state index contributed by atoms with van der Waals surface area (Å²) in [5, 5.41) is 11.8. The number of rotatable bonds is 6. The minimum Gasteiger partial charge on any atom is -0.331 e. The standard InChI is InChI=1S/C38H41N7O2/c1-24-8-11-29(12-9-24)45-35(22-34(43-45)38(2,3)4)42-37(47)40-28-7-5-6-25(19-28)18-26-20-30-13-14-31(21-26)44(30)36(46)33-15-10-27-23-39-17-16-32(27)41-33/h5-12,15-17,19,22-23,26,30-31H,13-14,18,20-21H2,1-4H3,(H2,40,42,47). The Morgan fingerprint density at radius 2 is 1.68 bits per heavy atom. The molecule has 2 saturated heterocycles. The van der Waals surface area contributed by atoms with Crippen LogP contribution in [0.1, 0.15) is 73.8 Å². The summed E-state index contributed by atoms with van der Waals surface area (Å²) in [6.45, 7) is 8.37. The number of anilines is 2.